The second-order valence-corrected chi connectivity index (χ2v) is 6.29. The monoisotopic (exact) mass is 374 g/mol. The summed E-state index contributed by atoms with van der Waals surface area (Å²) < 4.78 is 0.959. The lowest BCUT2D eigenvalue weighted by molar-refractivity contribution is -0.136. The summed E-state index contributed by atoms with van der Waals surface area (Å²) in [4.78, 5) is 25.6. The SMILES string of the molecule is C[C@H](c1ccccc1)N(CC(N)=O)C(=O)Cc1ccc(Br)cc1. The number of nitrogens with zero attached hydrogens (tertiary/aromatic N) is 1. The van der Waals surface area contributed by atoms with Crippen LogP contribution in [-0.2, 0) is 16.0 Å². The molecule has 0 bridgehead atoms. The maximum atomic E-state index is 12.7. The molecule has 0 aliphatic heterocycles. The van der Waals surface area contributed by atoms with E-state index in [-0.39, 0.29) is 24.9 Å². The van der Waals surface area contributed by atoms with Crippen molar-refractivity contribution in [1.82, 2.24) is 4.90 Å². The van der Waals surface area contributed by atoms with E-state index in [9.17, 15) is 9.59 Å². The van der Waals surface area contributed by atoms with Gasteiger partial charge in [0.1, 0.15) is 0 Å². The Morgan fingerprint density at radius 2 is 1.70 bits per heavy atom. The van der Waals surface area contributed by atoms with E-state index in [1.807, 2.05) is 61.5 Å². The average molecular weight is 375 g/mol. The first-order valence-corrected chi connectivity index (χ1v) is 8.14. The molecule has 120 valence electrons. The van der Waals surface area contributed by atoms with Gasteiger partial charge < -0.3 is 10.6 Å². The first-order valence-electron chi connectivity index (χ1n) is 7.34. The third-order valence-electron chi connectivity index (χ3n) is 3.66. The van der Waals surface area contributed by atoms with Crippen molar-refractivity contribution in [2.24, 2.45) is 5.73 Å². The van der Waals surface area contributed by atoms with E-state index in [0.29, 0.717) is 0 Å². The molecule has 0 fully saturated rings. The van der Waals surface area contributed by atoms with Crippen LogP contribution in [0, 0.1) is 0 Å². The number of amides is 2. The molecule has 0 radical (unpaired) electrons. The van der Waals surface area contributed by atoms with E-state index in [1.54, 1.807) is 0 Å². The van der Waals surface area contributed by atoms with Crippen LogP contribution in [0.25, 0.3) is 0 Å². The van der Waals surface area contributed by atoms with Crippen molar-refractivity contribution >= 4 is 27.7 Å². The molecule has 0 aliphatic carbocycles. The number of hydrogen-bond donors (Lipinski definition) is 1. The normalized spacial score (nSPS) is 11.7. The molecule has 0 unspecified atom stereocenters. The lowest BCUT2D eigenvalue weighted by Crippen LogP contribution is -2.40. The Hall–Kier alpha value is -2.14. The lowest BCUT2D eigenvalue weighted by atomic mass is 10.1. The zero-order valence-corrected chi connectivity index (χ0v) is 14.5. The molecule has 2 aromatic rings. The van der Waals surface area contributed by atoms with Crippen LogP contribution in [0.4, 0.5) is 0 Å². The Balaban J connectivity index is 2.18. The molecule has 23 heavy (non-hydrogen) atoms. The number of hydrogen-bond acceptors (Lipinski definition) is 2. The molecule has 0 aliphatic rings. The minimum atomic E-state index is -0.517. The number of benzene rings is 2. The molecule has 0 saturated carbocycles. The van der Waals surface area contributed by atoms with Crippen molar-refractivity contribution in [3.8, 4) is 0 Å². The quantitative estimate of drug-likeness (QED) is 0.844. The lowest BCUT2D eigenvalue weighted by Gasteiger charge is -2.28. The summed E-state index contributed by atoms with van der Waals surface area (Å²) in [6, 6.07) is 16.9. The maximum absolute atomic E-state index is 12.7. The number of nitrogens with two attached hydrogens (primary N) is 1. The van der Waals surface area contributed by atoms with Crippen LogP contribution in [0.2, 0.25) is 0 Å². The van der Waals surface area contributed by atoms with Crippen molar-refractivity contribution in [3.63, 3.8) is 0 Å². The molecule has 0 heterocycles. The Morgan fingerprint density at radius 1 is 1.09 bits per heavy atom. The molecule has 0 spiro atoms. The maximum Gasteiger partial charge on any atom is 0.237 e. The Bertz CT molecular complexity index is 671. The van der Waals surface area contributed by atoms with Crippen molar-refractivity contribution in [2.45, 2.75) is 19.4 Å². The van der Waals surface area contributed by atoms with Crippen LogP contribution >= 0.6 is 15.9 Å². The standard InChI is InChI=1S/C18H19BrN2O2/c1-13(15-5-3-2-4-6-15)21(12-17(20)22)18(23)11-14-7-9-16(19)10-8-14/h2-10,13H,11-12H2,1H3,(H2,20,22)/t13-/m1/s1. The van der Waals surface area contributed by atoms with Crippen LogP contribution in [-0.4, -0.2) is 23.3 Å². The van der Waals surface area contributed by atoms with Gasteiger partial charge in [0.15, 0.2) is 0 Å². The fourth-order valence-electron chi connectivity index (χ4n) is 2.40. The van der Waals surface area contributed by atoms with Crippen LogP contribution in [0.3, 0.4) is 0 Å². The van der Waals surface area contributed by atoms with E-state index in [2.05, 4.69) is 15.9 Å². The Labute approximate surface area is 144 Å². The van der Waals surface area contributed by atoms with Crippen LogP contribution in [0.5, 0.6) is 0 Å². The van der Waals surface area contributed by atoms with Crippen molar-refractivity contribution < 1.29 is 9.59 Å². The van der Waals surface area contributed by atoms with Crippen molar-refractivity contribution in [2.75, 3.05) is 6.54 Å². The summed E-state index contributed by atoms with van der Waals surface area (Å²) in [7, 11) is 0. The fraction of sp³-hybridized carbons (Fsp3) is 0.222. The van der Waals surface area contributed by atoms with Crippen molar-refractivity contribution in [1.29, 1.82) is 0 Å². The predicted molar refractivity (Wildman–Crippen MR) is 93.6 cm³/mol. The third kappa shape index (κ3) is 4.93. The molecule has 2 amide bonds. The largest absolute Gasteiger partial charge is 0.368 e. The van der Waals surface area contributed by atoms with Gasteiger partial charge >= 0.3 is 0 Å². The number of carbonyl (C=O) groups excluding carboxylic acids is 2. The zero-order valence-electron chi connectivity index (χ0n) is 12.9. The van der Waals surface area contributed by atoms with Gasteiger partial charge in [-0.1, -0.05) is 58.4 Å². The summed E-state index contributed by atoms with van der Waals surface area (Å²) in [6.45, 7) is 1.81. The molecule has 5 heteroatoms. The van der Waals surface area contributed by atoms with E-state index in [4.69, 9.17) is 5.73 Å². The predicted octanol–water partition coefficient (Wildman–Crippen LogP) is 3.07. The molecule has 2 rings (SSSR count). The van der Waals surface area contributed by atoms with Gasteiger partial charge in [-0.15, -0.1) is 0 Å². The molecule has 2 N–H and O–H groups in total. The highest BCUT2D eigenvalue weighted by Gasteiger charge is 2.23. The van der Waals surface area contributed by atoms with E-state index in [1.165, 1.54) is 4.90 Å². The van der Waals surface area contributed by atoms with E-state index in [0.717, 1.165) is 15.6 Å². The minimum absolute atomic E-state index is 0.0918. The summed E-state index contributed by atoms with van der Waals surface area (Å²) >= 11 is 3.37. The smallest absolute Gasteiger partial charge is 0.237 e. The molecular weight excluding hydrogens is 356 g/mol. The van der Waals surface area contributed by atoms with Crippen LogP contribution in [0.1, 0.15) is 24.1 Å². The second-order valence-electron chi connectivity index (χ2n) is 5.38. The van der Waals surface area contributed by atoms with Gasteiger partial charge in [-0.2, -0.15) is 0 Å². The first-order chi connectivity index (χ1) is 11.0. The molecule has 0 aromatic heterocycles. The van der Waals surface area contributed by atoms with Gasteiger partial charge in [-0.3, -0.25) is 9.59 Å². The van der Waals surface area contributed by atoms with Crippen LogP contribution in [0.15, 0.2) is 59.1 Å². The summed E-state index contributed by atoms with van der Waals surface area (Å²) in [5.74, 6) is -0.639. The molecule has 1 atom stereocenters. The Morgan fingerprint density at radius 3 is 2.26 bits per heavy atom. The fourth-order valence-corrected chi connectivity index (χ4v) is 2.66. The summed E-state index contributed by atoms with van der Waals surface area (Å²) in [5, 5.41) is 0. The zero-order chi connectivity index (χ0) is 16.8. The highest BCUT2D eigenvalue weighted by atomic mass is 79.9. The molecule has 4 nitrogen and oxygen atoms in total. The Kier molecular flexibility index (Phi) is 5.93. The van der Waals surface area contributed by atoms with E-state index < -0.39 is 5.91 Å². The minimum Gasteiger partial charge on any atom is -0.368 e. The second kappa shape index (κ2) is 7.92. The van der Waals surface area contributed by atoms with Gasteiger partial charge in [0.25, 0.3) is 0 Å². The third-order valence-corrected chi connectivity index (χ3v) is 4.19. The number of rotatable bonds is 6. The van der Waals surface area contributed by atoms with Gasteiger partial charge in [0.2, 0.25) is 11.8 Å². The average Bonchev–Trinajstić information content (AvgIpc) is 2.54. The highest BCUT2D eigenvalue weighted by Crippen LogP contribution is 2.21. The van der Waals surface area contributed by atoms with Gasteiger partial charge in [0.05, 0.1) is 19.0 Å². The number of halogens is 1. The number of carbonyl (C=O) groups is 2. The molecular formula is C18H19BrN2O2. The molecule has 0 saturated heterocycles. The first kappa shape index (κ1) is 17.2. The molecule has 2 aromatic carbocycles. The highest BCUT2D eigenvalue weighted by molar-refractivity contribution is 9.10. The van der Waals surface area contributed by atoms with Crippen molar-refractivity contribution in [3.05, 3.63) is 70.2 Å². The van der Waals surface area contributed by atoms with Gasteiger partial charge in [0, 0.05) is 4.47 Å². The number of primary amides is 1. The van der Waals surface area contributed by atoms with E-state index >= 15 is 0 Å². The van der Waals surface area contributed by atoms with Gasteiger partial charge in [-0.25, -0.2) is 0 Å². The summed E-state index contributed by atoms with van der Waals surface area (Å²) in [5.41, 5.74) is 7.19. The van der Waals surface area contributed by atoms with Crippen LogP contribution < -0.4 is 5.73 Å². The van der Waals surface area contributed by atoms with Gasteiger partial charge in [-0.05, 0) is 30.2 Å². The summed E-state index contributed by atoms with van der Waals surface area (Å²) in [6.07, 6.45) is 0.234. The topological polar surface area (TPSA) is 63.4 Å².